The first-order valence-corrected chi connectivity index (χ1v) is 4.39. The van der Waals surface area contributed by atoms with Crippen LogP contribution in [0.15, 0.2) is 0 Å². The fourth-order valence-electron chi connectivity index (χ4n) is 0.358. The van der Waals surface area contributed by atoms with Crippen LogP contribution in [-0.4, -0.2) is 81.5 Å². The lowest BCUT2D eigenvalue weighted by atomic mass is 9.93. The molecular weight excluding hydrogens is 232 g/mol. The summed E-state index contributed by atoms with van der Waals surface area (Å²) in [5.41, 5.74) is -1.11. The number of hydrogen-bond acceptors (Lipinski definition) is 7. The van der Waals surface area contributed by atoms with E-state index in [-0.39, 0.29) is 28.1 Å². The number of aliphatic hydroxyl groups excluding tert-OH is 7. The summed E-state index contributed by atoms with van der Waals surface area (Å²) >= 11 is 0. The van der Waals surface area contributed by atoms with Crippen molar-refractivity contribution in [1.82, 2.24) is 0 Å². The van der Waals surface area contributed by atoms with Gasteiger partial charge in [-0.1, -0.05) is 14.9 Å². The fourth-order valence-corrected chi connectivity index (χ4v) is 0.358. The van der Waals surface area contributed by atoms with Crippen LogP contribution in [0.5, 0.6) is 0 Å². The summed E-state index contributed by atoms with van der Waals surface area (Å²) in [7, 11) is 0. The second-order valence-electron chi connectivity index (χ2n) is 3.15. The van der Waals surface area contributed by atoms with Gasteiger partial charge in [0, 0.05) is 0 Å². The van der Waals surface area contributed by atoms with Crippen molar-refractivity contribution in [3.63, 3.8) is 0 Å². The van der Waals surface area contributed by atoms with Crippen molar-refractivity contribution in [3.8, 4) is 0 Å². The minimum absolute atomic E-state index is 0. The Hall–Kier alpha value is -0.280. The van der Waals surface area contributed by atoms with Crippen molar-refractivity contribution in [1.29, 1.82) is 0 Å². The zero-order valence-electron chi connectivity index (χ0n) is 8.45. The molecule has 7 nitrogen and oxygen atoms in total. The molecule has 0 bridgehead atoms. The minimum Gasteiger partial charge on any atom is -0.396 e. The van der Waals surface area contributed by atoms with E-state index in [1.54, 1.807) is 0 Å². The highest BCUT2D eigenvalue weighted by Gasteiger charge is 2.26. The van der Waals surface area contributed by atoms with Gasteiger partial charge < -0.3 is 35.7 Å². The molecule has 0 aromatic rings. The molecule has 0 rings (SSSR count). The highest BCUT2D eigenvalue weighted by Crippen LogP contribution is 2.11. The Bertz CT molecular complexity index is 106. The van der Waals surface area contributed by atoms with Crippen molar-refractivity contribution < 1.29 is 35.7 Å². The van der Waals surface area contributed by atoms with Crippen LogP contribution < -0.4 is 0 Å². The topological polar surface area (TPSA) is 142 Å². The molecule has 7 N–H and O–H groups in total. The van der Waals surface area contributed by atoms with Crippen LogP contribution in [0.2, 0.25) is 0 Å². The van der Waals surface area contributed by atoms with Crippen molar-refractivity contribution in [2.75, 3.05) is 39.6 Å². The molecule has 0 aliphatic rings. The maximum Gasteiger partial charge on any atom is 0.100 e. The van der Waals surface area contributed by atoms with Crippen LogP contribution in [-0.2, 0) is 0 Å². The molecule has 0 heterocycles. The van der Waals surface area contributed by atoms with Crippen LogP contribution in [0.4, 0.5) is 0 Å². The molecular formula is C10H28O7. The molecule has 0 saturated carbocycles. The van der Waals surface area contributed by atoms with Gasteiger partial charge >= 0.3 is 0 Å². The molecule has 0 aromatic heterocycles. The quantitative estimate of drug-likeness (QED) is 0.281. The average molecular weight is 260 g/mol. The van der Waals surface area contributed by atoms with Gasteiger partial charge in [-0.05, 0) is 0 Å². The standard InChI is InChI=1S/C5H12O4.C3H8O3.2CH4/c6-1-5(2-7,3-8)4-9;4-1-3(6)2-5;;/h6-9H,1-4H2;3-6H,1-2H2;2*1H4. The van der Waals surface area contributed by atoms with Gasteiger partial charge in [0.1, 0.15) is 6.10 Å². The lowest BCUT2D eigenvalue weighted by molar-refractivity contribution is -0.0328. The monoisotopic (exact) mass is 260 g/mol. The summed E-state index contributed by atoms with van der Waals surface area (Å²) in [6, 6.07) is 0. The van der Waals surface area contributed by atoms with E-state index in [4.69, 9.17) is 35.7 Å². The molecule has 0 atom stereocenters. The van der Waals surface area contributed by atoms with Crippen LogP contribution in [0, 0.1) is 5.41 Å². The predicted molar refractivity (Wildman–Crippen MR) is 64.4 cm³/mol. The van der Waals surface area contributed by atoms with Crippen LogP contribution in [0.3, 0.4) is 0 Å². The summed E-state index contributed by atoms with van der Waals surface area (Å²) in [4.78, 5) is 0. The number of rotatable bonds is 6. The largest absolute Gasteiger partial charge is 0.396 e. The Morgan fingerprint density at radius 3 is 0.882 bits per heavy atom. The van der Waals surface area contributed by atoms with Gasteiger partial charge in [-0.3, -0.25) is 0 Å². The normalized spacial score (nSPS) is 9.88. The third-order valence-electron chi connectivity index (χ3n) is 1.76. The molecule has 0 aliphatic heterocycles. The van der Waals surface area contributed by atoms with Gasteiger partial charge in [-0.25, -0.2) is 0 Å². The zero-order chi connectivity index (χ0) is 12.3. The lowest BCUT2D eigenvalue weighted by Crippen LogP contribution is -2.37. The van der Waals surface area contributed by atoms with E-state index < -0.39 is 37.9 Å². The van der Waals surface area contributed by atoms with Gasteiger partial charge in [0.05, 0.1) is 45.1 Å². The van der Waals surface area contributed by atoms with E-state index in [1.165, 1.54) is 0 Å². The van der Waals surface area contributed by atoms with E-state index in [9.17, 15) is 0 Å². The molecule has 0 spiro atoms. The molecule has 0 aliphatic carbocycles. The minimum atomic E-state index is -1.11. The van der Waals surface area contributed by atoms with Crippen molar-refractivity contribution >= 4 is 0 Å². The molecule has 110 valence electrons. The Kier molecular flexibility index (Phi) is 23.6. The fraction of sp³-hybridized carbons (Fsp3) is 1.00. The maximum absolute atomic E-state index is 8.50. The first-order valence-electron chi connectivity index (χ1n) is 4.39. The average Bonchev–Trinajstić information content (AvgIpc) is 2.32. The second kappa shape index (κ2) is 15.7. The molecule has 0 fully saturated rings. The lowest BCUT2D eigenvalue weighted by Gasteiger charge is -2.23. The van der Waals surface area contributed by atoms with Crippen LogP contribution in [0.25, 0.3) is 0 Å². The van der Waals surface area contributed by atoms with E-state index in [0.717, 1.165) is 0 Å². The van der Waals surface area contributed by atoms with Crippen molar-refractivity contribution in [2.45, 2.75) is 21.0 Å². The third kappa shape index (κ3) is 12.0. The Morgan fingerprint density at radius 1 is 0.647 bits per heavy atom. The number of hydrogen-bond donors (Lipinski definition) is 7. The summed E-state index contributed by atoms with van der Waals surface area (Å²) in [6.45, 7) is -2.35. The van der Waals surface area contributed by atoms with E-state index in [0.29, 0.717) is 0 Å². The Morgan fingerprint density at radius 2 is 0.882 bits per heavy atom. The van der Waals surface area contributed by atoms with E-state index >= 15 is 0 Å². The van der Waals surface area contributed by atoms with Crippen LogP contribution in [0.1, 0.15) is 14.9 Å². The maximum atomic E-state index is 8.50. The van der Waals surface area contributed by atoms with Gasteiger partial charge in [-0.2, -0.15) is 0 Å². The van der Waals surface area contributed by atoms with Crippen LogP contribution >= 0.6 is 0 Å². The van der Waals surface area contributed by atoms with Gasteiger partial charge in [-0.15, -0.1) is 0 Å². The predicted octanol–water partition coefficient (Wildman–Crippen LogP) is -2.45. The first-order chi connectivity index (χ1) is 7.05. The van der Waals surface area contributed by atoms with Gasteiger partial charge in [0.25, 0.3) is 0 Å². The van der Waals surface area contributed by atoms with Crippen molar-refractivity contribution in [3.05, 3.63) is 0 Å². The molecule has 0 aromatic carbocycles. The summed E-state index contributed by atoms with van der Waals surface area (Å²) in [6.07, 6.45) is -0.954. The second-order valence-corrected chi connectivity index (χ2v) is 3.15. The number of aliphatic hydroxyl groups is 7. The molecule has 0 unspecified atom stereocenters. The SMILES string of the molecule is C.C.OCC(CO)(CO)CO.OCC(O)CO. The third-order valence-corrected chi connectivity index (χ3v) is 1.76. The Labute approximate surface area is 103 Å². The molecule has 0 saturated heterocycles. The summed E-state index contributed by atoms with van der Waals surface area (Å²) < 4.78 is 0. The van der Waals surface area contributed by atoms with Crippen molar-refractivity contribution in [2.24, 2.45) is 5.41 Å². The summed E-state index contributed by atoms with van der Waals surface area (Å²) in [5.74, 6) is 0. The smallest absolute Gasteiger partial charge is 0.100 e. The van der Waals surface area contributed by atoms with E-state index in [1.807, 2.05) is 0 Å². The molecule has 0 amide bonds. The van der Waals surface area contributed by atoms with Gasteiger partial charge in [0.15, 0.2) is 0 Å². The summed E-state index contributed by atoms with van der Waals surface area (Å²) in [5, 5.41) is 58.0. The first kappa shape index (κ1) is 25.5. The highest BCUT2D eigenvalue weighted by atomic mass is 16.3. The zero-order valence-corrected chi connectivity index (χ0v) is 8.45. The molecule has 17 heavy (non-hydrogen) atoms. The van der Waals surface area contributed by atoms with Gasteiger partial charge in [0.2, 0.25) is 0 Å². The highest BCUT2D eigenvalue weighted by molar-refractivity contribution is 4.74. The van der Waals surface area contributed by atoms with E-state index in [2.05, 4.69) is 0 Å². The Balaban J connectivity index is -0.0000000945. The molecule has 7 heteroatoms. The molecule has 0 radical (unpaired) electrons.